The van der Waals surface area contributed by atoms with Gasteiger partial charge in [0.2, 0.25) is 5.91 Å². The molecule has 0 aromatic heterocycles. The van der Waals surface area contributed by atoms with Crippen LogP contribution >= 0.6 is 0 Å². The van der Waals surface area contributed by atoms with Crippen molar-refractivity contribution in [2.75, 3.05) is 19.8 Å². The third-order valence-corrected chi connectivity index (χ3v) is 3.22. The summed E-state index contributed by atoms with van der Waals surface area (Å²) >= 11 is 0. The van der Waals surface area contributed by atoms with Crippen molar-refractivity contribution in [3.63, 3.8) is 0 Å². The van der Waals surface area contributed by atoms with Crippen molar-refractivity contribution in [3.05, 3.63) is 0 Å². The van der Waals surface area contributed by atoms with Gasteiger partial charge in [0, 0.05) is 25.0 Å². The SMILES string of the molecule is CCC(NC(=O)CC1COCCN1)C(C)(C)C. The summed E-state index contributed by atoms with van der Waals surface area (Å²) in [4.78, 5) is 11.9. The van der Waals surface area contributed by atoms with Crippen LogP contribution in [-0.2, 0) is 9.53 Å². The highest BCUT2D eigenvalue weighted by Gasteiger charge is 2.25. The summed E-state index contributed by atoms with van der Waals surface area (Å²) in [5.74, 6) is 0.120. The van der Waals surface area contributed by atoms with Gasteiger partial charge in [-0.2, -0.15) is 0 Å². The molecule has 1 aliphatic heterocycles. The van der Waals surface area contributed by atoms with E-state index in [-0.39, 0.29) is 23.4 Å². The van der Waals surface area contributed by atoms with E-state index in [4.69, 9.17) is 4.74 Å². The fourth-order valence-corrected chi connectivity index (χ4v) is 2.16. The van der Waals surface area contributed by atoms with E-state index >= 15 is 0 Å². The molecule has 1 heterocycles. The molecule has 1 fully saturated rings. The molecule has 100 valence electrons. The van der Waals surface area contributed by atoms with Gasteiger partial charge in [0.25, 0.3) is 0 Å². The number of hydrogen-bond donors (Lipinski definition) is 2. The van der Waals surface area contributed by atoms with Crippen LogP contribution in [0.3, 0.4) is 0 Å². The second-order valence-electron chi connectivity index (χ2n) is 5.82. The third-order valence-electron chi connectivity index (χ3n) is 3.22. The molecule has 0 aromatic carbocycles. The lowest BCUT2D eigenvalue weighted by Crippen LogP contribution is -2.48. The molecule has 0 aromatic rings. The van der Waals surface area contributed by atoms with Crippen LogP contribution in [0.15, 0.2) is 0 Å². The second-order valence-corrected chi connectivity index (χ2v) is 5.82. The van der Waals surface area contributed by atoms with Crippen LogP contribution in [0.25, 0.3) is 0 Å². The Kier molecular flexibility index (Phi) is 5.40. The van der Waals surface area contributed by atoms with Crippen molar-refractivity contribution >= 4 is 5.91 Å². The van der Waals surface area contributed by atoms with Gasteiger partial charge in [-0.05, 0) is 11.8 Å². The molecule has 4 heteroatoms. The normalized spacial score (nSPS) is 23.2. The number of ether oxygens (including phenoxy) is 1. The van der Waals surface area contributed by atoms with Crippen molar-refractivity contribution in [1.82, 2.24) is 10.6 Å². The largest absolute Gasteiger partial charge is 0.378 e. The van der Waals surface area contributed by atoms with Gasteiger partial charge in [-0.25, -0.2) is 0 Å². The predicted octanol–water partition coefficient (Wildman–Crippen LogP) is 1.31. The van der Waals surface area contributed by atoms with Crippen LogP contribution in [0.4, 0.5) is 0 Å². The molecular weight excluding hydrogens is 216 g/mol. The number of nitrogens with one attached hydrogen (secondary N) is 2. The Morgan fingerprint density at radius 2 is 2.24 bits per heavy atom. The van der Waals surface area contributed by atoms with Crippen LogP contribution < -0.4 is 10.6 Å². The van der Waals surface area contributed by atoms with Gasteiger partial charge < -0.3 is 15.4 Å². The standard InChI is InChI=1S/C13H26N2O2/c1-5-11(13(2,3)4)15-12(16)8-10-9-17-7-6-14-10/h10-11,14H,5-9H2,1-4H3,(H,15,16). The lowest BCUT2D eigenvalue weighted by Gasteiger charge is -2.31. The van der Waals surface area contributed by atoms with Gasteiger partial charge in [0.15, 0.2) is 0 Å². The molecule has 0 radical (unpaired) electrons. The van der Waals surface area contributed by atoms with Crippen molar-refractivity contribution in [2.45, 2.75) is 52.6 Å². The molecule has 0 spiro atoms. The fourth-order valence-electron chi connectivity index (χ4n) is 2.16. The minimum absolute atomic E-state index is 0.112. The molecule has 1 rings (SSSR count). The zero-order chi connectivity index (χ0) is 12.9. The van der Waals surface area contributed by atoms with Gasteiger partial charge in [-0.3, -0.25) is 4.79 Å². The maximum absolute atomic E-state index is 11.9. The van der Waals surface area contributed by atoms with Gasteiger partial charge >= 0.3 is 0 Å². The minimum Gasteiger partial charge on any atom is -0.378 e. The average molecular weight is 242 g/mol. The number of morpholine rings is 1. The van der Waals surface area contributed by atoms with Crippen LogP contribution in [0.5, 0.6) is 0 Å². The number of rotatable bonds is 4. The minimum atomic E-state index is 0.112. The molecule has 1 aliphatic rings. The fraction of sp³-hybridized carbons (Fsp3) is 0.923. The van der Waals surface area contributed by atoms with Crippen molar-refractivity contribution in [3.8, 4) is 0 Å². The quantitative estimate of drug-likeness (QED) is 0.781. The molecule has 1 saturated heterocycles. The Labute approximate surface area is 104 Å². The smallest absolute Gasteiger partial charge is 0.221 e. The number of amides is 1. The Morgan fingerprint density at radius 3 is 2.71 bits per heavy atom. The summed E-state index contributed by atoms with van der Waals surface area (Å²) < 4.78 is 5.34. The van der Waals surface area contributed by atoms with Crippen molar-refractivity contribution in [1.29, 1.82) is 0 Å². The van der Waals surface area contributed by atoms with Crippen LogP contribution in [0, 0.1) is 5.41 Å². The molecule has 0 bridgehead atoms. The third kappa shape index (κ3) is 5.04. The van der Waals surface area contributed by atoms with Crippen LogP contribution in [0.1, 0.15) is 40.5 Å². The summed E-state index contributed by atoms with van der Waals surface area (Å²) in [6, 6.07) is 0.403. The van der Waals surface area contributed by atoms with Crippen molar-refractivity contribution in [2.24, 2.45) is 5.41 Å². The highest BCUT2D eigenvalue weighted by atomic mass is 16.5. The van der Waals surface area contributed by atoms with E-state index in [0.29, 0.717) is 13.0 Å². The zero-order valence-corrected chi connectivity index (χ0v) is 11.5. The maximum atomic E-state index is 11.9. The predicted molar refractivity (Wildman–Crippen MR) is 68.9 cm³/mol. The number of hydrogen-bond acceptors (Lipinski definition) is 3. The first kappa shape index (κ1) is 14.5. The first-order valence-electron chi connectivity index (χ1n) is 6.54. The molecule has 0 saturated carbocycles. The summed E-state index contributed by atoms with van der Waals surface area (Å²) in [7, 11) is 0. The first-order chi connectivity index (χ1) is 7.93. The molecular formula is C13H26N2O2. The first-order valence-corrected chi connectivity index (χ1v) is 6.54. The van der Waals surface area contributed by atoms with E-state index < -0.39 is 0 Å². The number of carbonyl (C=O) groups excluding carboxylic acids is 1. The van der Waals surface area contributed by atoms with Gasteiger partial charge in [0.1, 0.15) is 0 Å². The van der Waals surface area contributed by atoms with Gasteiger partial charge in [0.05, 0.1) is 13.2 Å². The maximum Gasteiger partial charge on any atom is 0.221 e. The second kappa shape index (κ2) is 6.36. The molecule has 2 unspecified atom stereocenters. The lowest BCUT2D eigenvalue weighted by atomic mass is 9.85. The molecule has 1 amide bonds. The Morgan fingerprint density at radius 1 is 1.53 bits per heavy atom. The van der Waals surface area contributed by atoms with Crippen LogP contribution in [-0.4, -0.2) is 37.7 Å². The summed E-state index contributed by atoms with van der Waals surface area (Å²) in [6.45, 7) is 10.8. The zero-order valence-electron chi connectivity index (χ0n) is 11.5. The summed E-state index contributed by atoms with van der Waals surface area (Å²) in [5, 5.41) is 6.41. The van der Waals surface area contributed by atoms with Crippen LogP contribution in [0.2, 0.25) is 0 Å². The molecule has 2 atom stereocenters. The number of carbonyl (C=O) groups is 1. The highest BCUT2D eigenvalue weighted by Crippen LogP contribution is 2.21. The monoisotopic (exact) mass is 242 g/mol. The van der Waals surface area contributed by atoms with E-state index in [9.17, 15) is 4.79 Å². The van der Waals surface area contributed by atoms with E-state index in [2.05, 4.69) is 38.3 Å². The highest BCUT2D eigenvalue weighted by molar-refractivity contribution is 5.77. The topological polar surface area (TPSA) is 50.4 Å². The molecule has 2 N–H and O–H groups in total. The van der Waals surface area contributed by atoms with E-state index in [1.165, 1.54) is 0 Å². The summed E-state index contributed by atoms with van der Waals surface area (Å²) in [6.07, 6.45) is 1.47. The van der Waals surface area contributed by atoms with Gasteiger partial charge in [-0.15, -0.1) is 0 Å². The van der Waals surface area contributed by atoms with E-state index in [0.717, 1.165) is 19.6 Å². The summed E-state index contributed by atoms with van der Waals surface area (Å²) in [5.41, 5.74) is 0.112. The Hall–Kier alpha value is -0.610. The van der Waals surface area contributed by atoms with Crippen molar-refractivity contribution < 1.29 is 9.53 Å². The van der Waals surface area contributed by atoms with E-state index in [1.807, 2.05) is 0 Å². The average Bonchev–Trinajstić information content (AvgIpc) is 2.25. The molecule has 17 heavy (non-hydrogen) atoms. The molecule has 4 nitrogen and oxygen atoms in total. The Balaban J connectivity index is 2.37. The van der Waals surface area contributed by atoms with E-state index in [1.54, 1.807) is 0 Å². The molecule has 0 aliphatic carbocycles. The Bertz CT molecular complexity index is 242. The lowest BCUT2D eigenvalue weighted by molar-refractivity contribution is -0.123. The van der Waals surface area contributed by atoms with Gasteiger partial charge in [-0.1, -0.05) is 27.7 Å².